The fourth-order valence-corrected chi connectivity index (χ4v) is 5.96. The molecule has 374 valence electrons. The molecule has 0 aliphatic heterocycles. The van der Waals surface area contributed by atoms with Gasteiger partial charge in [-0.15, -0.1) is 0 Å². The summed E-state index contributed by atoms with van der Waals surface area (Å²) in [5.74, 6) is -8.03. The molecule has 1 aromatic heterocycles. The highest BCUT2D eigenvalue weighted by atomic mass is 16.7. The topological polar surface area (TPSA) is 294 Å². The van der Waals surface area contributed by atoms with E-state index in [1.807, 2.05) is 0 Å². The minimum Gasteiger partial charge on any atom is -0.488 e. The molecule has 4 aromatic rings. The van der Waals surface area contributed by atoms with Gasteiger partial charge < -0.3 is 66.9 Å². The largest absolute Gasteiger partial charge is 0.488 e. The zero-order valence-electron chi connectivity index (χ0n) is 38.8. The van der Waals surface area contributed by atoms with Crippen molar-refractivity contribution in [1.29, 1.82) is 0 Å². The van der Waals surface area contributed by atoms with Crippen LogP contribution in [0.4, 0.5) is 11.4 Å². The molecule has 0 aliphatic rings. The number of hydrogen-bond acceptors (Lipinski definition) is 23. The molecule has 0 saturated carbocycles. The SMILES string of the molecule is CC(=O)OCOC(=O)CN(CC(=O)OCOC(C)=O)c1ccc(-c2cc3ccc(C(=O)OCOC(C)=O)cc3[nH]2)cc1OCCOc1cc(C)ccc1N(CC(=O)OCOC(C)=O)CC(=O)OC(C)=O. The van der Waals surface area contributed by atoms with Gasteiger partial charge in [-0.1, -0.05) is 18.2 Å². The molecule has 24 nitrogen and oxygen atoms in total. The molecule has 0 fully saturated rings. The third-order valence-corrected chi connectivity index (χ3v) is 8.96. The number of benzene rings is 3. The average molecular weight is 980 g/mol. The first-order valence-electron chi connectivity index (χ1n) is 20.8. The lowest BCUT2D eigenvalue weighted by molar-refractivity contribution is -0.167. The fraction of sp³-hybridized carbons (Fsp3) is 0.348. The van der Waals surface area contributed by atoms with E-state index >= 15 is 0 Å². The van der Waals surface area contributed by atoms with E-state index in [9.17, 15) is 47.9 Å². The van der Waals surface area contributed by atoms with E-state index in [0.717, 1.165) is 27.7 Å². The van der Waals surface area contributed by atoms with Crippen molar-refractivity contribution in [3.8, 4) is 22.8 Å². The lowest BCUT2D eigenvalue weighted by Crippen LogP contribution is -2.37. The van der Waals surface area contributed by atoms with Gasteiger partial charge in [-0.25, -0.2) is 9.59 Å². The maximum atomic E-state index is 13.1. The zero-order chi connectivity index (χ0) is 51.3. The minimum absolute atomic E-state index is 0.0589. The van der Waals surface area contributed by atoms with Crippen LogP contribution in [0.25, 0.3) is 22.2 Å². The van der Waals surface area contributed by atoms with Crippen LogP contribution in [0.15, 0.2) is 60.7 Å². The standard InChI is InChI=1S/C46H49N3O21/c1-27-7-11-38(49(22-45(58)70-32(6)54)21-44(57)68-25-64-30(4)52)40(15-27)60-13-14-61-41-18-34(36-16-33-8-9-35(17-37(33)47-36)46(59)69-26-65-31(5)53)10-12-39(41)48(19-42(55)66-23-62-28(2)50)20-43(56)67-24-63-29(3)51/h7-12,15-18,47H,13-14,19-26H2,1-6H3. The molecule has 3 aromatic carbocycles. The molecule has 1 heterocycles. The number of hydrogen-bond donors (Lipinski definition) is 1. The molecular weight excluding hydrogens is 931 g/mol. The molecule has 0 radical (unpaired) electrons. The molecular formula is C46H49N3O21. The number of ether oxygens (including phenoxy) is 11. The minimum atomic E-state index is -1.01. The first-order chi connectivity index (χ1) is 33.3. The van der Waals surface area contributed by atoms with Crippen LogP contribution in [-0.4, -0.2) is 131 Å². The number of rotatable bonds is 25. The Bertz CT molecular complexity index is 2550. The monoisotopic (exact) mass is 979 g/mol. The zero-order valence-corrected chi connectivity index (χ0v) is 38.8. The molecule has 70 heavy (non-hydrogen) atoms. The first-order valence-corrected chi connectivity index (χ1v) is 20.8. The summed E-state index contributed by atoms with van der Waals surface area (Å²) in [6, 6.07) is 16.0. The normalized spacial score (nSPS) is 10.4. The summed E-state index contributed by atoms with van der Waals surface area (Å²) in [5.41, 5.74) is 2.69. The van der Waals surface area contributed by atoms with Crippen LogP contribution < -0.4 is 19.3 Å². The highest BCUT2D eigenvalue weighted by Gasteiger charge is 2.25. The van der Waals surface area contributed by atoms with Crippen LogP contribution in [-0.2, 0) is 85.8 Å². The third-order valence-electron chi connectivity index (χ3n) is 8.96. The summed E-state index contributed by atoms with van der Waals surface area (Å²) in [6.45, 7) is 1.62. The maximum Gasteiger partial charge on any atom is 0.341 e. The van der Waals surface area contributed by atoms with E-state index < -0.39 is 113 Å². The molecule has 0 aliphatic carbocycles. The molecule has 4 rings (SSSR count). The Hall–Kier alpha value is -8.70. The van der Waals surface area contributed by atoms with Gasteiger partial charge in [-0.05, 0) is 55.0 Å². The lowest BCUT2D eigenvalue weighted by atomic mass is 10.1. The van der Waals surface area contributed by atoms with Crippen LogP contribution in [0.3, 0.4) is 0 Å². The van der Waals surface area contributed by atoms with Gasteiger partial charge in [0.15, 0.2) is 0 Å². The summed E-state index contributed by atoms with van der Waals surface area (Å²) in [5, 5.41) is 0.675. The van der Waals surface area contributed by atoms with Crippen molar-refractivity contribution in [2.24, 2.45) is 0 Å². The van der Waals surface area contributed by atoms with Crippen LogP contribution in [0.1, 0.15) is 50.5 Å². The Morgan fingerprint density at radius 2 is 0.929 bits per heavy atom. The number of fused-ring (bicyclic) bond motifs is 1. The van der Waals surface area contributed by atoms with Gasteiger partial charge in [0.1, 0.15) is 50.9 Å². The first kappa shape index (κ1) is 53.9. The number of nitrogens with zero attached hydrogens (tertiary/aromatic N) is 2. The van der Waals surface area contributed by atoms with Gasteiger partial charge in [0, 0.05) is 56.8 Å². The van der Waals surface area contributed by atoms with E-state index in [-0.39, 0.29) is 41.7 Å². The Labute approximate surface area is 398 Å². The second-order valence-corrected chi connectivity index (χ2v) is 14.5. The summed E-state index contributed by atoms with van der Waals surface area (Å²) < 4.78 is 56.0. The smallest absolute Gasteiger partial charge is 0.341 e. The molecule has 0 bridgehead atoms. The van der Waals surface area contributed by atoms with Crippen molar-refractivity contribution >= 4 is 82.0 Å². The van der Waals surface area contributed by atoms with E-state index in [1.165, 1.54) is 34.9 Å². The van der Waals surface area contributed by atoms with E-state index in [1.54, 1.807) is 49.4 Å². The molecule has 1 N–H and O–H groups in total. The Morgan fingerprint density at radius 1 is 0.471 bits per heavy atom. The molecule has 24 heteroatoms. The second kappa shape index (κ2) is 26.6. The van der Waals surface area contributed by atoms with Gasteiger partial charge in [0.2, 0.25) is 27.2 Å². The van der Waals surface area contributed by atoms with E-state index in [4.69, 9.17) is 47.4 Å². The summed E-state index contributed by atoms with van der Waals surface area (Å²) in [6.07, 6.45) is 0. The van der Waals surface area contributed by atoms with Crippen LogP contribution in [0.2, 0.25) is 0 Å². The van der Waals surface area contributed by atoms with Crippen molar-refractivity contribution in [2.75, 3.05) is 76.4 Å². The van der Waals surface area contributed by atoms with Crippen LogP contribution >= 0.6 is 0 Å². The number of anilines is 2. The molecule has 0 spiro atoms. The quantitative estimate of drug-likeness (QED) is 0.0328. The molecule has 0 saturated heterocycles. The van der Waals surface area contributed by atoms with Gasteiger partial charge >= 0.3 is 59.7 Å². The Morgan fingerprint density at radius 3 is 1.41 bits per heavy atom. The van der Waals surface area contributed by atoms with Crippen molar-refractivity contribution in [1.82, 2.24) is 4.98 Å². The van der Waals surface area contributed by atoms with Crippen LogP contribution in [0.5, 0.6) is 11.5 Å². The number of carbonyl (C=O) groups excluding carboxylic acids is 10. The van der Waals surface area contributed by atoms with Crippen molar-refractivity contribution in [3.05, 3.63) is 71.8 Å². The Kier molecular flexibility index (Phi) is 20.5. The van der Waals surface area contributed by atoms with Gasteiger partial charge in [0.05, 0.1) is 16.9 Å². The second-order valence-electron chi connectivity index (χ2n) is 14.5. The Balaban J connectivity index is 1.69. The number of esters is 10. The summed E-state index contributed by atoms with van der Waals surface area (Å²) in [7, 11) is 0. The lowest BCUT2D eigenvalue weighted by Gasteiger charge is -2.26. The number of aryl methyl sites for hydroxylation is 1. The summed E-state index contributed by atoms with van der Waals surface area (Å²) in [4.78, 5) is 126. The van der Waals surface area contributed by atoms with Crippen molar-refractivity contribution in [3.63, 3.8) is 0 Å². The highest BCUT2D eigenvalue weighted by molar-refractivity contribution is 5.96. The van der Waals surface area contributed by atoms with Gasteiger partial charge in [0.25, 0.3) is 0 Å². The predicted octanol–water partition coefficient (Wildman–Crippen LogP) is 3.17. The molecule has 0 amide bonds. The van der Waals surface area contributed by atoms with Gasteiger partial charge in [-0.3, -0.25) is 38.4 Å². The fourth-order valence-electron chi connectivity index (χ4n) is 5.96. The summed E-state index contributed by atoms with van der Waals surface area (Å²) >= 11 is 0. The number of H-pyrrole nitrogens is 1. The van der Waals surface area contributed by atoms with Crippen molar-refractivity contribution in [2.45, 2.75) is 41.5 Å². The third kappa shape index (κ3) is 18.2. The molecule has 0 atom stereocenters. The maximum absolute atomic E-state index is 13.1. The van der Waals surface area contributed by atoms with Crippen molar-refractivity contribution < 1.29 is 100 Å². The number of nitrogens with one attached hydrogen (secondary N) is 1. The van der Waals surface area contributed by atoms with Gasteiger partial charge in [-0.2, -0.15) is 0 Å². The van der Waals surface area contributed by atoms with E-state index in [0.29, 0.717) is 27.7 Å². The average Bonchev–Trinajstić information content (AvgIpc) is 3.70. The van der Waals surface area contributed by atoms with E-state index in [2.05, 4.69) is 9.72 Å². The van der Waals surface area contributed by atoms with Crippen LogP contribution in [0, 0.1) is 6.92 Å². The number of aromatic amines is 1. The predicted molar refractivity (Wildman–Crippen MR) is 237 cm³/mol. The molecule has 0 unspecified atom stereocenters. The number of aromatic nitrogens is 1. The number of carbonyl (C=O) groups is 10. The highest BCUT2D eigenvalue weighted by Crippen LogP contribution is 2.35.